The van der Waals surface area contributed by atoms with Gasteiger partial charge in [0.15, 0.2) is 0 Å². The van der Waals surface area contributed by atoms with Crippen molar-refractivity contribution in [2.75, 3.05) is 0 Å². The van der Waals surface area contributed by atoms with Crippen LogP contribution in [0.1, 0.15) is 16.5 Å². The summed E-state index contributed by atoms with van der Waals surface area (Å²) in [4.78, 5) is 0. The van der Waals surface area contributed by atoms with Crippen molar-refractivity contribution in [3.63, 3.8) is 0 Å². The summed E-state index contributed by atoms with van der Waals surface area (Å²) in [7, 11) is 0. The van der Waals surface area contributed by atoms with Gasteiger partial charge < -0.3 is 4.74 Å². The fourth-order valence-electron chi connectivity index (χ4n) is 0.714. The maximum atomic E-state index is 7.07. The highest BCUT2D eigenvalue weighted by Crippen LogP contribution is 2.09. The van der Waals surface area contributed by atoms with E-state index in [1.54, 1.807) is 6.92 Å². The van der Waals surface area contributed by atoms with E-state index in [1.807, 2.05) is 30.3 Å². The number of hydrogen-bond acceptors (Lipinski definition) is 1. The Balaban J connectivity index is 2.53. The first-order chi connectivity index (χ1) is 5.70. The lowest BCUT2D eigenvalue weighted by Crippen LogP contribution is -2.04. The first-order valence-electron chi connectivity index (χ1n) is 4.42. The van der Waals surface area contributed by atoms with Crippen LogP contribution in [0.25, 0.3) is 0 Å². The summed E-state index contributed by atoms with van der Waals surface area (Å²) in [5, 5.41) is 0. The molecule has 1 aromatic carbocycles. The Bertz CT molecular complexity index is 223. The molecule has 54 valence electrons. The van der Waals surface area contributed by atoms with E-state index in [0.717, 1.165) is 5.75 Å². The largest absolute Gasteiger partial charge is 0.491 e. The molecule has 0 N–H and O–H groups in total. The van der Waals surface area contributed by atoms with Crippen molar-refractivity contribution in [2.24, 2.45) is 0 Å². The second kappa shape index (κ2) is 3.25. The minimum atomic E-state index is -0.940. The third-order valence-electron chi connectivity index (χ3n) is 1.07. The maximum Gasteiger partial charge on any atom is 0.119 e. The summed E-state index contributed by atoms with van der Waals surface area (Å²) in [6.07, 6.45) is -0.382. The summed E-state index contributed by atoms with van der Waals surface area (Å²) in [6, 6.07) is 9.27. The monoisotopic (exact) mass is 138 g/mol. The van der Waals surface area contributed by atoms with Gasteiger partial charge in [0.2, 0.25) is 0 Å². The van der Waals surface area contributed by atoms with Gasteiger partial charge in [0, 0.05) is 2.74 Å². The minimum absolute atomic E-state index is 0.382. The molecule has 1 heteroatoms. The third-order valence-corrected chi connectivity index (χ3v) is 1.07. The number of hydrogen-bond donors (Lipinski definition) is 0. The predicted octanol–water partition coefficient (Wildman–Crippen LogP) is 2.47. The molecule has 0 aliphatic heterocycles. The molecule has 0 fully saturated rings. The molecule has 0 amide bonds. The SMILES string of the molecule is [2H]C([2H])C(C)Oc1ccccc1. The Morgan fingerprint density at radius 2 is 2.10 bits per heavy atom. The van der Waals surface area contributed by atoms with Gasteiger partial charge >= 0.3 is 0 Å². The number of benzene rings is 1. The van der Waals surface area contributed by atoms with Crippen LogP contribution >= 0.6 is 0 Å². The fraction of sp³-hybridized carbons (Fsp3) is 0.333. The van der Waals surface area contributed by atoms with E-state index < -0.39 is 6.88 Å². The quantitative estimate of drug-likeness (QED) is 0.610. The van der Waals surface area contributed by atoms with Gasteiger partial charge in [-0.05, 0) is 25.9 Å². The standard InChI is InChI=1S/C9H12O/c1-8(2)10-9-6-4-3-5-7-9/h3-8H,1-2H3/i1D2. The molecule has 0 spiro atoms. The molecule has 0 radical (unpaired) electrons. The van der Waals surface area contributed by atoms with E-state index in [9.17, 15) is 0 Å². The summed E-state index contributed by atoms with van der Waals surface area (Å²) < 4.78 is 19.5. The molecule has 0 heterocycles. The molecule has 1 nitrogen and oxygen atoms in total. The molecule has 0 aliphatic rings. The van der Waals surface area contributed by atoms with Crippen molar-refractivity contribution < 1.29 is 7.48 Å². The number of ether oxygens (including phenoxy) is 1. The molecule has 1 atom stereocenters. The minimum Gasteiger partial charge on any atom is -0.491 e. The van der Waals surface area contributed by atoms with Crippen molar-refractivity contribution in [1.82, 2.24) is 0 Å². The Morgan fingerprint density at radius 3 is 2.70 bits per heavy atom. The van der Waals surface area contributed by atoms with Crippen LogP contribution in [0.3, 0.4) is 0 Å². The van der Waals surface area contributed by atoms with Gasteiger partial charge in [-0.25, -0.2) is 0 Å². The lowest BCUT2D eigenvalue weighted by molar-refractivity contribution is 0.242. The average molecular weight is 138 g/mol. The van der Waals surface area contributed by atoms with E-state index in [0.29, 0.717) is 0 Å². The highest BCUT2D eigenvalue weighted by Gasteiger charge is 1.92. The normalized spacial score (nSPS) is 15.8. The number of para-hydroxylation sites is 1. The Morgan fingerprint density at radius 1 is 1.40 bits per heavy atom. The summed E-state index contributed by atoms with van der Waals surface area (Å²) in [5.74, 6) is 0.717. The maximum absolute atomic E-state index is 7.07. The molecule has 0 aliphatic carbocycles. The van der Waals surface area contributed by atoms with Crippen LogP contribution in [0.5, 0.6) is 5.75 Å². The molecule has 0 saturated carbocycles. The van der Waals surface area contributed by atoms with E-state index in [2.05, 4.69) is 0 Å². The van der Waals surface area contributed by atoms with Crippen LogP contribution in [-0.4, -0.2) is 6.10 Å². The second-order valence-corrected chi connectivity index (χ2v) is 2.14. The first-order valence-corrected chi connectivity index (χ1v) is 3.26. The fourth-order valence-corrected chi connectivity index (χ4v) is 0.714. The summed E-state index contributed by atoms with van der Waals surface area (Å²) in [6.45, 7) is 0.780. The summed E-state index contributed by atoms with van der Waals surface area (Å²) in [5.41, 5.74) is 0. The van der Waals surface area contributed by atoms with E-state index >= 15 is 0 Å². The molecule has 0 saturated heterocycles. The highest BCUT2D eigenvalue weighted by molar-refractivity contribution is 5.20. The van der Waals surface area contributed by atoms with Crippen LogP contribution in [0.4, 0.5) is 0 Å². The molecule has 1 unspecified atom stereocenters. The third kappa shape index (κ3) is 2.09. The van der Waals surface area contributed by atoms with Crippen molar-refractivity contribution >= 4 is 0 Å². The molecular formula is C9H12O. The van der Waals surface area contributed by atoms with Gasteiger partial charge in [0.1, 0.15) is 5.75 Å². The molecule has 10 heavy (non-hydrogen) atoms. The highest BCUT2D eigenvalue weighted by atomic mass is 16.5. The topological polar surface area (TPSA) is 9.23 Å². The van der Waals surface area contributed by atoms with Gasteiger partial charge in [-0.2, -0.15) is 0 Å². The van der Waals surface area contributed by atoms with E-state index in [-0.39, 0.29) is 6.10 Å². The van der Waals surface area contributed by atoms with Crippen molar-refractivity contribution in [1.29, 1.82) is 0 Å². The second-order valence-electron chi connectivity index (χ2n) is 2.14. The first kappa shape index (κ1) is 4.78. The zero-order valence-electron chi connectivity index (χ0n) is 7.95. The van der Waals surface area contributed by atoms with Crippen LogP contribution in [0.2, 0.25) is 0 Å². The molecule has 0 bridgehead atoms. The zero-order chi connectivity index (χ0) is 8.97. The van der Waals surface area contributed by atoms with E-state index in [1.165, 1.54) is 0 Å². The smallest absolute Gasteiger partial charge is 0.119 e. The summed E-state index contributed by atoms with van der Waals surface area (Å²) >= 11 is 0. The van der Waals surface area contributed by atoms with Gasteiger partial charge in [-0.1, -0.05) is 18.2 Å². The van der Waals surface area contributed by atoms with Crippen molar-refractivity contribution in [3.8, 4) is 5.75 Å². The van der Waals surface area contributed by atoms with Gasteiger partial charge in [-0.3, -0.25) is 0 Å². The van der Waals surface area contributed by atoms with Crippen LogP contribution in [-0.2, 0) is 0 Å². The number of rotatable bonds is 2. The van der Waals surface area contributed by atoms with Gasteiger partial charge in [-0.15, -0.1) is 0 Å². The van der Waals surface area contributed by atoms with Crippen molar-refractivity contribution in [2.45, 2.75) is 19.9 Å². The molecule has 1 aromatic rings. The lowest BCUT2D eigenvalue weighted by atomic mass is 10.3. The predicted molar refractivity (Wildman–Crippen MR) is 42.2 cm³/mol. The van der Waals surface area contributed by atoms with Crippen LogP contribution < -0.4 is 4.74 Å². The van der Waals surface area contributed by atoms with Crippen LogP contribution in [0.15, 0.2) is 30.3 Å². The van der Waals surface area contributed by atoms with Gasteiger partial charge in [0.05, 0.1) is 6.10 Å². The molecule has 0 aromatic heterocycles. The van der Waals surface area contributed by atoms with E-state index in [4.69, 9.17) is 7.48 Å². The molecule has 1 rings (SSSR count). The van der Waals surface area contributed by atoms with Crippen LogP contribution in [0, 0.1) is 0 Å². The lowest BCUT2D eigenvalue weighted by Gasteiger charge is -2.07. The van der Waals surface area contributed by atoms with Gasteiger partial charge in [0.25, 0.3) is 0 Å². The molecular weight excluding hydrogens is 124 g/mol. The van der Waals surface area contributed by atoms with Crippen molar-refractivity contribution in [3.05, 3.63) is 30.3 Å². The Labute approximate surface area is 64.4 Å². The zero-order valence-corrected chi connectivity index (χ0v) is 5.95. The Kier molecular flexibility index (Phi) is 1.55. The average Bonchev–Trinajstić information content (AvgIpc) is 2.06. The Hall–Kier alpha value is -0.980.